The Morgan fingerprint density at radius 2 is 1.71 bits per heavy atom. The molecule has 382 valence electrons. The number of aliphatic hydroxyl groups excluding tert-OH is 1. The number of amides is 3. The molecule has 3 N–H and O–H groups in total. The molecule has 73 heavy (non-hydrogen) atoms. The molecule has 3 saturated carbocycles. The summed E-state index contributed by atoms with van der Waals surface area (Å²) in [5.41, 5.74) is 5.03. The molecule has 2 aromatic heterocycles. The van der Waals surface area contributed by atoms with E-state index in [9.17, 15) is 24.6 Å². The minimum atomic E-state index is -0.602. The number of hydrogen-bond acceptors (Lipinski definition) is 13. The molecule has 1 spiro atoms. The van der Waals surface area contributed by atoms with Gasteiger partial charge in [-0.2, -0.15) is 9.97 Å². The number of likely N-dealkylation sites (tertiary alicyclic amines) is 1. The van der Waals surface area contributed by atoms with Crippen molar-refractivity contribution in [2.45, 2.75) is 96.2 Å². The second-order valence-electron chi connectivity index (χ2n) is 23.3. The number of aryl methyl sites for hydroxylation is 1. The van der Waals surface area contributed by atoms with Gasteiger partial charge in [-0.3, -0.25) is 29.6 Å². The van der Waals surface area contributed by atoms with Gasteiger partial charge in [0.2, 0.25) is 11.8 Å². The number of phenols is 1. The van der Waals surface area contributed by atoms with E-state index in [1.807, 2.05) is 30.3 Å². The first kappa shape index (κ1) is 46.8. The highest BCUT2D eigenvalue weighted by Gasteiger charge is 2.50. The number of carbonyl (C=O) groups is 3. The predicted molar refractivity (Wildman–Crippen MR) is 275 cm³/mol. The van der Waals surface area contributed by atoms with Crippen molar-refractivity contribution in [1.29, 1.82) is 0 Å². The zero-order chi connectivity index (χ0) is 49.8. The number of piperazine rings is 1. The highest BCUT2D eigenvalue weighted by atomic mass is 19.1. The van der Waals surface area contributed by atoms with Crippen molar-refractivity contribution >= 4 is 50.9 Å². The topological polar surface area (TPSA) is 168 Å². The third kappa shape index (κ3) is 8.64. The van der Waals surface area contributed by atoms with Gasteiger partial charge in [0.1, 0.15) is 28.8 Å². The van der Waals surface area contributed by atoms with Gasteiger partial charge in [-0.15, -0.1) is 0 Å². The molecule has 3 aliphatic carbocycles. The van der Waals surface area contributed by atoms with Gasteiger partial charge in [-0.1, -0.05) is 25.1 Å². The maximum absolute atomic E-state index is 17.2. The summed E-state index contributed by atoms with van der Waals surface area (Å²) in [5, 5.41) is 26.2. The molecule has 3 aromatic carbocycles. The lowest BCUT2D eigenvalue weighted by Gasteiger charge is -2.54. The zero-order valence-electron chi connectivity index (χ0n) is 41.8. The number of fused-ring (bicyclic) bond motifs is 5. The van der Waals surface area contributed by atoms with Crippen molar-refractivity contribution in [3.05, 3.63) is 77.2 Å². The quantitative estimate of drug-likeness (QED) is 0.113. The van der Waals surface area contributed by atoms with E-state index in [0.29, 0.717) is 59.8 Å². The average Bonchev–Trinajstić information content (AvgIpc) is 4.00. The molecule has 4 atom stereocenters. The Kier molecular flexibility index (Phi) is 11.6. The van der Waals surface area contributed by atoms with Gasteiger partial charge in [0.25, 0.3) is 5.91 Å². The van der Waals surface area contributed by atoms with Crippen LogP contribution in [0.5, 0.6) is 11.8 Å². The van der Waals surface area contributed by atoms with Gasteiger partial charge >= 0.3 is 6.01 Å². The first-order chi connectivity index (χ1) is 35.4. The molecule has 0 unspecified atom stereocenters. The summed E-state index contributed by atoms with van der Waals surface area (Å²) < 4.78 is 23.8. The number of pyridine rings is 1. The monoisotopic (exact) mass is 992 g/mol. The Morgan fingerprint density at radius 1 is 0.890 bits per heavy atom. The number of halogens is 1. The third-order valence-electron chi connectivity index (χ3n) is 18.5. The van der Waals surface area contributed by atoms with Crippen molar-refractivity contribution in [3.8, 4) is 23.0 Å². The lowest BCUT2D eigenvalue weighted by atomic mass is 9.57. The van der Waals surface area contributed by atoms with Crippen LogP contribution in [0, 0.1) is 34.4 Å². The summed E-state index contributed by atoms with van der Waals surface area (Å²) in [6, 6.07) is 14.9. The van der Waals surface area contributed by atoms with Crippen LogP contribution < -0.4 is 19.9 Å². The maximum atomic E-state index is 17.2. The number of hydrogen-bond donors (Lipinski definition) is 3. The molecule has 0 radical (unpaired) electrons. The Bertz CT molecular complexity index is 3030. The van der Waals surface area contributed by atoms with Crippen LogP contribution in [0.15, 0.2) is 54.7 Å². The number of imide groups is 1. The summed E-state index contributed by atoms with van der Waals surface area (Å²) in [6.45, 7) is 12.5. The van der Waals surface area contributed by atoms with Crippen molar-refractivity contribution in [1.82, 2.24) is 35.0 Å². The number of rotatable bonds is 12. The number of aromatic hydroxyl groups is 1. The van der Waals surface area contributed by atoms with Crippen LogP contribution in [0.25, 0.3) is 32.9 Å². The molecule has 5 aromatic rings. The minimum Gasteiger partial charge on any atom is -0.508 e. The SMILES string of the molecule is CCc1cccc2cc(O)cc(-c3ncc4c(N5C[C@@H]6C[C@H](C5)[C@H](O)C6)nc(OCC5(CN6CCC7(CC6)CC(CN6CCN(c8ccc9c(c8)CN([C@H]8CCC(=O)NC8=O)C9=O)CC6)C7)CC5)nc4c3F)c12. The number of piperidine rings is 3. The van der Waals surface area contributed by atoms with E-state index in [2.05, 4.69) is 37.9 Å². The van der Waals surface area contributed by atoms with Gasteiger partial charge < -0.3 is 34.5 Å². The summed E-state index contributed by atoms with van der Waals surface area (Å²) in [7, 11) is 0. The number of nitrogens with zero attached hydrogens (tertiary/aromatic N) is 8. The van der Waals surface area contributed by atoms with Gasteiger partial charge in [0, 0.05) is 99.7 Å². The summed E-state index contributed by atoms with van der Waals surface area (Å²) in [4.78, 5) is 63.5. The molecule has 5 aliphatic heterocycles. The van der Waals surface area contributed by atoms with E-state index in [1.165, 1.54) is 25.7 Å². The molecule has 8 aliphatic rings. The van der Waals surface area contributed by atoms with Gasteiger partial charge in [0.15, 0.2) is 5.82 Å². The molecule has 16 heteroatoms. The first-order valence-electron chi connectivity index (χ1n) is 27.0. The molecule has 7 heterocycles. The van der Waals surface area contributed by atoms with Gasteiger partial charge in [-0.25, -0.2) is 4.39 Å². The van der Waals surface area contributed by atoms with Crippen molar-refractivity contribution < 1.29 is 33.7 Å². The molecule has 4 saturated heterocycles. The average molecular weight is 992 g/mol. The molecule has 15 nitrogen and oxygen atoms in total. The predicted octanol–water partition coefficient (Wildman–Crippen LogP) is 6.69. The highest BCUT2D eigenvalue weighted by molar-refractivity contribution is 6.06. The van der Waals surface area contributed by atoms with Crippen molar-refractivity contribution in [2.24, 2.45) is 28.6 Å². The number of aromatic nitrogens is 3. The Morgan fingerprint density at radius 3 is 2.48 bits per heavy atom. The Balaban J connectivity index is 0.626. The van der Waals surface area contributed by atoms with Gasteiger partial charge in [0.05, 0.1) is 18.1 Å². The Hall–Kier alpha value is -5.97. The Labute approximate surface area is 425 Å². The van der Waals surface area contributed by atoms with Crippen molar-refractivity contribution in [3.63, 3.8) is 0 Å². The van der Waals surface area contributed by atoms with Crippen molar-refractivity contribution in [2.75, 3.05) is 81.9 Å². The smallest absolute Gasteiger partial charge is 0.319 e. The molecule has 13 rings (SSSR count). The van der Waals surface area contributed by atoms with E-state index >= 15 is 4.39 Å². The van der Waals surface area contributed by atoms with Crippen LogP contribution in [-0.2, 0) is 22.6 Å². The summed E-state index contributed by atoms with van der Waals surface area (Å²) >= 11 is 0. The second kappa shape index (κ2) is 18.2. The van der Waals surface area contributed by atoms with E-state index in [1.54, 1.807) is 23.2 Å². The lowest BCUT2D eigenvalue weighted by molar-refractivity contribution is -0.136. The number of aliphatic hydroxyl groups is 1. The first-order valence-corrected chi connectivity index (χ1v) is 27.0. The van der Waals surface area contributed by atoms with E-state index in [-0.39, 0.29) is 64.5 Å². The normalized spacial score (nSPS) is 26.0. The number of phenolic OH excluding ortho intramolecular Hbond substituents is 1. The van der Waals surface area contributed by atoms with E-state index < -0.39 is 11.9 Å². The summed E-state index contributed by atoms with van der Waals surface area (Å²) in [6.07, 6.45) is 11.6. The molecular weight excluding hydrogens is 926 g/mol. The molecule has 7 fully saturated rings. The number of benzene rings is 3. The number of ether oxygens (including phenoxy) is 1. The summed E-state index contributed by atoms with van der Waals surface area (Å²) in [5.74, 6) is 0.483. The number of carbonyl (C=O) groups excluding carboxylic acids is 3. The van der Waals surface area contributed by atoms with Crippen LogP contribution in [0.4, 0.5) is 15.9 Å². The van der Waals surface area contributed by atoms with Crippen LogP contribution in [0.2, 0.25) is 0 Å². The second-order valence-corrected chi connectivity index (χ2v) is 23.3. The fraction of sp³-hybridized carbons (Fsp3) is 0.544. The molecular formula is C57H66FN9O6. The van der Waals surface area contributed by atoms with E-state index in [0.717, 1.165) is 125 Å². The standard InChI is InChI=1S/C57H66FN9O6/c1-2-36-4-3-5-37-23-41(68)24-43(48(36)37)50-49(58)51-44(27-59-50)52(66-29-34-20-39(30-66)46(69)21-34)62-55(61-51)73-33-57(10-11-57)32-64-14-12-56(13-15-64)25-35(26-56)28-63-16-18-65(19-17-63)40-6-7-42-38(22-40)31-67(54(42)72)45-8-9-47(70)60-53(45)71/h3-7,22-24,27,34-35,39,45-46,68-69H,2,8-21,25-26,28-33H2,1H3,(H,60,70,71)/t34-,39-,45+,46-/m1/s1. The number of anilines is 2. The van der Waals surface area contributed by atoms with Crippen LogP contribution >= 0.6 is 0 Å². The van der Waals surface area contributed by atoms with Crippen LogP contribution in [0.1, 0.15) is 92.6 Å². The fourth-order valence-electron chi connectivity index (χ4n) is 14.3. The van der Waals surface area contributed by atoms with Crippen LogP contribution in [-0.4, -0.2) is 142 Å². The lowest BCUT2D eigenvalue weighted by Crippen LogP contribution is -2.53. The number of nitrogens with one attached hydrogen (secondary N) is 1. The fourth-order valence-corrected chi connectivity index (χ4v) is 14.3. The third-order valence-corrected chi connectivity index (χ3v) is 18.5. The van der Waals surface area contributed by atoms with Gasteiger partial charge in [-0.05, 0) is 147 Å². The highest BCUT2D eigenvalue weighted by Crippen LogP contribution is 2.54. The van der Waals surface area contributed by atoms with Crippen LogP contribution in [0.3, 0.4) is 0 Å². The molecule has 2 bridgehead atoms. The van der Waals surface area contributed by atoms with E-state index in [4.69, 9.17) is 19.7 Å². The zero-order valence-corrected chi connectivity index (χ0v) is 41.8. The minimum absolute atomic E-state index is 0.00790. The largest absolute Gasteiger partial charge is 0.508 e. The maximum Gasteiger partial charge on any atom is 0.319 e. The molecule has 3 amide bonds.